The number of carboxylic acid groups (broad SMARTS) is 1. The highest BCUT2D eigenvalue weighted by Gasteiger charge is 2.24. The van der Waals surface area contributed by atoms with Crippen molar-refractivity contribution in [2.75, 3.05) is 20.1 Å². The molecule has 2 atom stereocenters. The molecule has 6 nitrogen and oxygen atoms in total. The Hall–Kier alpha value is -2.08. The van der Waals surface area contributed by atoms with Gasteiger partial charge in [-0.1, -0.05) is 30.3 Å². The molecule has 0 spiro atoms. The lowest BCUT2D eigenvalue weighted by Gasteiger charge is -2.30. The van der Waals surface area contributed by atoms with E-state index in [2.05, 4.69) is 15.5 Å². The number of carbonyl (C=O) groups is 2. The van der Waals surface area contributed by atoms with Crippen molar-refractivity contribution in [3.8, 4) is 0 Å². The van der Waals surface area contributed by atoms with Gasteiger partial charge in [-0.05, 0) is 32.0 Å². The number of aliphatic carboxylic acids is 1. The maximum Gasteiger partial charge on any atom is 0.330 e. The van der Waals surface area contributed by atoms with Gasteiger partial charge in [0.05, 0.1) is 0 Å². The van der Waals surface area contributed by atoms with Crippen LogP contribution in [0.15, 0.2) is 30.3 Å². The Morgan fingerprint density at radius 1 is 1.33 bits per heavy atom. The third-order valence-corrected chi connectivity index (χ3v) is 3.61. The summed E-state index contributed by atoms with van der Waals surface area (Å²) >= 11 is 0. The summed E-state index contributed by atoms with van der Waals surface area (Å²) in [6.07, 6.45) is 1.95. The maximum atomic E-state index is 12.0. The number of carboxylic acids is 1. The Labute approximate surface area is 124 Å². The SMILES string of the molecule is CN1CCCC(NC(=O)NC(C(=O)O)c2ccccc2)C1. The van der Waals surface area contributed by atoms with Crippen LogP contribution in [-0.4, -0.2) is 48.2 Å². The van der Waals surface area contributed by atoms with E-state index >= 15 is 0 Å². The Bertz CT molecular complexity index is 492. The van der Waals surface area contributed by atoms with Gasteiger partial charge in [0.15, 0.2) is 6.04 Å². The maximum absolute atomic E-state index is 12.0. The number of hydrogen-bond donors (Lipinski definition) is 3. The molecule has 3 N–H and O–H groups in total. The molecule has 0 saturated carbocycles. The van der Waals surface area contributed by atoms with Crippen molar-refractivity contribution in [2.45, 2.75) is 24.9 Å². The average molecular weight is 291 g/mol. The topological polar surface area (TPSA) is 81.7 Å². The van der Waals surface area contributed by atoms with Gasteiger partial charge >= 0.3 is 12.0 Å². The molecule has 6 heteroatoms. The van der Waals surface area contributed by atoms with Crippen LogP contribution in [0.1, 0.15) is 24.4 Å². The third kappa shape index (κ3) is 4.46. The summed E-state index contributed by atoms with van der Waals surface area (Å²) in [6, 6.07) is 7.27. The zero-order valence-electron chi connectivity index (χ0n) is 12.1. The second-order valence-electron chi connectivity index (χ2n) is 5.40. The number of nitrogens with zero attached hydrogens (tertiary/aromatic N) is 1. The molecule has 2 unspecified atom stereocenters. The molecule has 2 rings (SSSR count). The second kappa shape index (κ2) is 7.08. The van der Waals surface area contributed by atoms with Crippen LogP contribution in [-0.2, 0) is 4.79 Å². The van der Waals surface area contributed by atoms with E-state index < -0.39 is 18.0 Å². The molecule has 2 amide bonds. The Morgan fingerprint density at radius 2 is 2.05 bits per heavy atom. The van der Waals surface area contributed by atoms with E-state index in [1.165, 1.54) is 0 Å². The second-order valence-corrected chi connectivity index (χ2v) is 5.40. The lowest BCUT2D eigenvalue weighted by atomic mass is 10.1. The highest BCUT2D eigenvalue weighted by Crippen LogP contribution is 2.13. The van der Waals surface area contributed by atoms with Crippen molar-refractivity contribution in [1.82, 2.24) is 15.5 Å². The van der Waals surface area contributed by atoms with E-state index in [1.807, 2.05) is 7.05 Å². The van der Waals surface area contributed by atoms with Gasteiger partial charge in [-0.15, -0.1) is 0 Å². The minimum Gasteiger partial charge on any atom is -0.479 e. The molecule has 1 fully saturated rings. The van der Waals surface area contributed by atoms with Gasteiger partial charge in [0.2, 0.25) is 0 Å². The van der Waals surface area contributed by atoms with Crippen molar-refractivity contribution in [1.29, 1.82) is 0 Å². The predicted octanol–water partition coefficient (Wildman–Crippen LogP) is 1.21. The van der Waals surface area contributed by atoms with Gasteiger partial charge in [-0.2, -0.15) is 0 Å². The minimum absolute atomic E-state index is 0.0639. The molecule has 0 aromatic heterocycles. The van der Waals surface area contributed by atoms with Gasteiger partial charge in [0, 0.05) is 12.6 Å². The zero-order chi connectivity index (χ0) is 15.2. The molecule has 1 saturated heterocycles. The van der Waals surface area contributed by atoms with E-state index in [0.29, 0.717) is 5.56 Å². The van der Waals surface area contributed by atoms with Crippen LogP contribution in [0, 0.1) is 0 Å². The fourth-order valence-electron chi connectivity index (χ4n) is 2.58. The largest absolute Gasteiger partial charge is 0.479 e. The van der Waals surface area contributed by atoms with Gasteiger partial charge in [-0.3, -0.25) is 0 Å². The molecule has 114 valence electrons. The molecule has 0 bridgehead atoms. The van der Waals surface area contributed by atoms with Crippen LogP contribution >= 0.6 is 0 Å². The molecule has 0 radical (unpaired) electrons. The highest BCUT2D eigenvalue weighted by atomic mass is 16.4. The molecule has 0 aliphatic carbocycles. The fourth-order valence-corrected chi connectivity index (χ4v) is 2.58. The number of rotatable bonds is 4. The Balaban J connectivity index is 1.94. The zero-order valence-corrected chi connectivity index (χ0v) is 12.1. The summed E-state index contributed by atoms with van der Waals surface area (Å²) in [5.41, 5.74) is 0.556. The number of nitrogens with one attached hydrogen (secondary N) is 2. The lowest BCUT2D eigenvalue weighted by Crippen LogP contribution is -2.50. The lowest BCUT2D eigenvalue weighted by molar-refractivity contribution is -0.139. The first-order valence-corrected chi connectivity index (χ1v) is 7.09. The number of benzene rings is 1. The first-order chi connectivity index (χ1) is 10.1. The van der Waals surface area contributed by atoms with E-state index in [-0.39, 0.29) is 6.04 Å². The minimum atomic E-state index is -1.07. The predicted molar refractivity (Wildman–Crippen MR) is 79.0 cm³/mol. The number of urea groups is 1. The van der Waals surface area contributed by atoms with Gasteiger partial charge in [0.1, 0.15) is 0 Å². The first kappa shape index (κ1) is 15.3. The average Bonchev–Trinajstić information content (AvgIpc) is 2.45. The molecule has 1 aliphatic rings. The Kier molecular flexibility index (Phi) is 5.16. The van der Waals surface area contributed by atoms with Crippen LogP contribution < -0.4 is 10.6 Å². The molecule has 21 heavy (non-hydrogen) atoms. The summed E-state index contributed by atoms with van der Waals surface area (Å²) in [7, 11) is 2.01. The number of amides is 2. The van der Waals surface area contributed by atoms with Gasteiger partial charge < -0.3 is 20.6 Å². The molecular weight excluding hydrogens is 270 g/mol. The van der Waals surface area contributed by atoms with E-state index in [9.17, 15) is 14.7 Å². The fraction of sp³-hybridized carbons (Fsp3) is 0.467. The van der Waals surface area contributed by atoms with Crippen LogP contribution in [0.25, 0.3) is 0 Å². The Morgan fingerprint density at radius 3 is 2.67 bits per heavy atom. The van der Waals surface area contributed by atoms with E-state index in [0.717, 1.165) is 25.9 Å². The summed E-state index contributed by atoms with van der Waals surface area (Å²) in [5, 5.41) is 14.6. The van der Waals surface area contributed by atoms with Crippen molar-refractivity contribution < 1.29 is 14.7 Å². The van der Waals surface area contributed by atoms with Crippen molar-refractivity contribution >= 4 is 12.0 Å². The standard InChI is InChI=1S/C15H21N3O3/c1-18-9-5-8-12(10-18)16-15(21)17-13(14(19)20)11-6-3-2-4-7-11/h2-4,6-7,12-13H,5,8-10H2,1H3,(H,19,20)(H2,16,17,21). The molecular formula is C15H21N3O3. The van der Waals surface area contributed by atoms with Crippen LogP contribution in [0.5, 0.6) is 0 Å². The summed E-state index contributed by atoms with van der Waals surface area (Å²) in [5.74, 6) is -1.07. The van der Waals surface area contributed by atoms with Crippen LogP contribution in [0.3, 0.4) is 0 Å². The number of carbonyl (C=O) groups excluding carboxylic acids is 1. The van der Waals surface area contributed by atoms with Gasteiger partial charge in [0.25, 0.3) is 0 Å². The molecule has 1 aromatic carbocycles. The summed E-state index contributed by atoms with van der Waals surface area (Å²) < 4.78 is 0. The van der Waals surface area contributed by atoms with Crippen molar-refractivity contribution in [3.63, 3.8) is 0 Å². The molecule has 1 aliphatic heterocycles. The highest BCUT2D eigenvalue weighted by molar-refractivity contribution is 5.83. The van der Waals surface area contributed by atoms with Gasteiger partial charge in [-0.25, -0.2) is 9.59 Å². The smallest absolute Gasteiger partial charge is 0.330 e. The first-order valence-electron chi connectivity index (χ1n) is 7.09. The van der Waals surface area contributed by atoms with Crippen LogP contribution in [0.4, 0.5) is 4.79 Å². The summed E-state index contributed by atoms with van der Waals surface area (Å²) in [4.78, 5) is 25.5. The number of hydrogen-bond acceptors (Lipinski definition) is 3. The monoisotopic (exact) mass is 291 g/mol. The number of likely N-dealkylation sites (N-methyl/N-ethyl adjacent to an activating group) is 1. The number of piperidine rings is 1. The van der Waals surface area contributed by atoms with Crippen molar-refractivity contribution in [3.05, 3.63) is 35.9 Å². The number of likely N-dealkylation sites (tertiary alicyclic amines) is 1. The quantitative estimate of drug-likeness (QED) is 0.778. The normalized spacial score (nSPS) is 20.5. The van der Waals surface area contributed by atoms with Crippen LogP contribution in [0.2, 0.25) is 0 Å². The van der Waals surface area contributed by atoms with Crippen molar-refractivity contribution in [2.24, 2.45) is 0 Å². The van der Waals surface area contributed by atoms with E-state index in [1.54, 1.807) is 30.3 Å². The molecule has 1 aromatic rings. The van der Waals surface area contributed by atoms with E-state index in [4.69, 9.17) is 0 Å². The summed E-state index contributed by atoms with van der Waals surface area (Å²) in [6.45, 7) is 1.82. The molecule has 1 heterocycles. The third-order valence-electron chi connectivity index (χ3n) is 3.61.